The summed E-state index contributed by atoms with van der Waals surface area (Å²) in [6.07, 6.45) is 5.08. The maximum absolute atomic E-state index is 13.5. The number of aromatic nitrogens is 2. The number of fused-ring (bicyclic) bond motifs is 1. The first-order valence-electron chi connectivity index (χ1n) is 6.74. The largest absolute Gasteiger partial charge is 0.404 e. The first kappa shape index (κ1) is 13.6. The lowest BCUT2D eigenvalue weighted by Gasteiger charge is -2.08. The van der Waals surface area contributed by atoms with Crippen LogP contribution in [-0.4, -0.2) is 9.55 Å². The third-order valence-corrected chi connectivity index (χ3v) is 3.46. The van der Waals surface area contributed by atoms with Gasteiger partial charge in [-0.1, -0.05) is 0 Å². The average molecular weight is 290 g/mol. The molecule has 21 heavy (non-hydrogen) atoms. The van der Waals surface area contributed by atoms with Crippen molar-refractivity contribution in [3.63, 3.8) is 0 Å². The number of nitrogens with zero attached hydrogens (tertiary/aromatic N) is 2. The van der Waals surface area contributed by atoms with E-state index in [2.05, 4.69) is 4.98 Å². The van der Waals surface area contributed by atoms with Gasteiger partial charge in [-0.25, -0.2) is 13.8 Å². The molecule has 1 saturated carbocycles. The average Bonchev–Trinajstić information content (AvgIpc) is 3.19. The zero-order chi connectivity index (χ0) is 15.1. The van der Waals surface area contributed by atoms with Crippen LogP contribution in [0.3, 0.4) is 0 Å². The molecular weight excluding hydrogens is 274 g/mol. The summed E-state index contributed by atoms with van der Waals surface area (Å²) in [6, 6.07) is 2.55. The zero-order valence-corrected chi connectivity index (χ0v) is 11.6. The molecule has 6 heteroatoms. The number of imidazole rings is 1. The number of benzene rings is 1. The Morgan fingerprint density at radius 2 is 2.00 bits per heavy atom. The van der Waals surface area contributed by atoms with E-state index in [0.717, 1.165) is 18.9 Å². The van der Waals surface area contributed by atoms with Gasteiger partial charge in [0.2, 0.25) is 0 Å². The van der Waals surface area contributed by atoms with Gasteiger partial charge in [0.1, 0.15) is 5.82 Å². The molecule has 1 aromatic heterocycles. The van der Waals surface area contributed by atoms with Crippen molar-refractivity contribution in [1.29, 1.82) is 0 Å². The van der Waals surface area contributed by atoms with Crippen LogP contribution in [0.5, 0.6) is 0 Å². The quantitative estimate of drug-likeness (QED) is 0.854. The van der Waals surface area contributed by atoms with Crippen molar-refractivity contribution in [2.24, 2.45) is 11.5 Å². The van der Waals surface area contributed by atoms with E-state index in [-0.39, 0.29) is 6.04 Å². The van der Waals surface area contributed by atoms with Crippen LogP contribution in [0.2, 0.25) is 0 Å². The highest BCUT2D eigenvalue weighted by Crippen LogP contribution is 2.40. The molecule has 0 aliphatic heterocycles. The van der Waals surface area contributed by atoms with Gasteiger partial charge in [0.05, 0.1) is 11.0 Å². The number of allylic oxidation sites excluding steroid dienone is 3. The highest BCUT2D eigenvalue weighted by molar-refractivity contribution is 5.82. The van der Waals surface area contributed by atoms with Crippen molar-refractivity contribution < 1.29 is 8.78 Å². The molecule has 0 amide bonds. The van der Waals surface area contributed by atoms with Gasteiger partial charge in [0, 0.05) is 35.6 Å². The van der Waals surface area contributed by atoms with Crippen LogP contribution in [-0.2, 0) is 0 Å². The highest BCUT2D eigenvalue weighted by Gasteiger charge is 2.29. The highest BCUT2D eigenvalue weighted by atomic mass is 19.2. The molecule has 0 saturated heterocycles. The third kappa shape index (κ3) is 2.37. The van der Waals surface area contributed by atoms with Gasteiger partial charge < -0.3 is 16.0 Å². The minimum absolute atomic E-state index is 0.247. The van der Waals surface area contributed by atoms with Crippen LogP contribution in [0, 0.1) is 11.6 Å². The summed E-state index contributed by atoms with van der Waals surface area (Å²) in [5.74, 6) is -1.19. The minimum Gasteiger partial charge on any atom is -0.404 e. The van der Waals surface area contributed by atoms with Crippen LogP contribution < -0.4 is 11.5 Å². The first-order valence-corrected chi connectivity index (χ1v) is 6.74. The van der Waals surface area contributed by atoms with E-state index in [0.29, 0.717) is 28.1 Å². The SMILES string of the molecule is C/C(N)=C/C(=C\N)c1nc2cc(F)c(F)cc2n1C1CC1. The van der Waals surface area contributed by atoms with E-state index in [1.807, 2.05) is 4.57 Å². The van der Waals surface area contributed by atoms with Gasteiger partial charge in [0.15, 0.2) is 11.6 Å². The summed E-state index contributed by atoms with van der Waals surface area (Å²) >= 11 is 0. The molecule has 0 bridgehead atoms. The van der Waals surface area contributed by atoms with E-state index < -0.39 is 11.6 Å². The molecule has 0 unspecified atom stereocenters. The van der Waals surface area contributed by atoms with E-state index in [1.165, 1.54) is 12.3 Å². The zero-order valence-electron chi connectivity index (χ0n) is 11.6. The van der Waals surface area contributed by atoms with Gasteiger partial charge in [-0.15, -0.1) is 0 Å². The predicted octanol–water partition coefficient (Wildman–Crippen LogP) is 2.81. The predicted molar refractivity (Wildman–Crippen MR) is 78.0 cm³/mol. The topological polar surface area (TPSA) is 69.9 Å². The minimum atomic E-state index is -0.904. The van der Waals surface area contributed by atoms with E-state index in [9.17, 15) is 8.78 Å². The molecule has 1 aliphatic carbocycles. The summed E-state index contributed by atoms with van der Waals surface area (Å²) in [7, 11) is 0. The Bertz CT molecular complexity index is 766. The first-order chi connectivity index (χ1) is 10.0. The van der Waals surface area contributed by atoms with Crippen molar-refractivity contribution in [2.75, 3.05) is 0 Å². The summed E-state index contributed by atoms with van der Waals surface area (Å²) in [5, 5.41) is 0. The Balaban J connectivity index is 2.27. The molecule has 4 N–H and O–H groups in total. The molecule has 1 heterocycles. The van der Waals surface area contributed by atoms with Crippen LogP contribution in [0.15, 0.2) is 30.1 Å². The maximum Gasteiger partial charge on any atom is 0.161 e. The molecule has 0 atom stereocenters. The van der Waals surface area contributed by atoms with E-state index >= 15 is 0 Å². The number of hydrogen-bond donors (Lipinski definition) is 2. The second kappa shape index (κ2) is 4.87. The standard InChI is InChI=1S/C15H16F2N4/c1-8(19)4-9(7-18)15-20-13-5-11(16)12(17)6-14(13)21(15)10-2-3-10/h4-7,10H,2-3,18-19H2,1H3/b8-4-,9-7+. The lowest BCUT2D eigenvalue weighted by atomic mass is 10.2. The molecule has 4 nitrogen and oxygen atoms in total. The summed E-state index contributed by atoms with van der Waals surface area (Å²) in [5.41, 5.74) is 13.6. The molecule has 1 aromatic carbocycles. The number of rotatable bonds is 3. The second-order valence-electron chi connectivity index (χ2n) is 5.30. The van der Waals surface area contributed by atoms with Crippen LogP contribution in [0.4, 0.5) is 8.78 Å². The summed E-state index contributed by atoms with van der Waals surface area (Å²) in [6.45, 7) is 1.74. The van der Waals surface area contributed by atoms with Crippen LogP contribution in [0.1, 0.15) is 31.6 Å². The normalized spacial score (nSPS) is 16.7. The van der Waals surface area contributed by atoms with Gasteiger partial charge in [-0.2, -0.15) is 0 Å². The van der Waals surface area contributed by atoms with Gasteiger partial charge >= 0.3 is 0 Å². The Labute approximate surface area is 120 Å². The second-order valence-corrected chi connectivity index (χ2v) is 5.30. The van der Waals surface area contributed by atoms with E-state index in [4.69, 9.17) is 11.5 Å². The molecule has 1 aliphatic rings. The van der Waals surface area contributed by atoms with Crippen LogP contribution >= 0.6 is 0 Å². The molecular formula is C15H16F2N4. The Morgan fingerprint density at radius 3 is 2.57 bits per heavy atom. The summed E-state index contributed by atoms with van der Waals surface area (Å²) in [4.78, 5) is 4.41. The van der Waals surface area contributed by atoms with Crippen molar-refractivity contribution in [3.8, 4) is 0 Å². The number of halogens is 2. The fourth-order valence-electron chi connectivity index (χ4n) is 2.43. The van der Waals surface area contributed by atoms with Gasteiger partial charge in [0.25, 0.3) is 0 Å². The Hall–Kier alpha value is -2.37. The molecule has 110 valence electrons. The lowest BCUT2D eigenvalue weighted by Crippen LogP contribution is -2.03. The third-order valence-electron chi connectivity index (χ3n) is 3.46. The lowest BCUT2D eigenvalue weighted by molar-refractivity contribution is 0.510. The Kier molecular flexibility index (Phi) is 3.16. The molecule has 3 rings (SSSR count). The Morgan fingerprint density at radius 1 is 1.33 bits per heavy atom. The number of hydrogen-bond acceptors (Lipinski definition) is 3. The summed E-state index contributed by atoms with van der Waals surface area (Å²) < 4.78 is 28.8. The van der Waals surface area contributed by atoms with Crippen molar-refractivity contribution in [1.82, 2.24) is 9.55 Å². The van der Waals surface area contributed by atoms with Crippen LogP contribution in [0.25, 0.3) is 16.6 Å². The molecule has 0 spiro atoms. The number of nitrogens with two attached hydrogens (primary N) is 2. The smallest absolute Gasteiger partial charge is 0.161 e. The van der Waals surface area contributed by atoms with Crippen molar-refractivity contribution >= 4 is 16.6 Å². The van der Waals surface area contributed by atoms with Crippen molar-refractivity contribution in [2.45, 2.75) is 25.8 Å². The molecule has 0 radical (unpaired) electrons. The fourth-order valence-corrected chi connectivity index (χ4v) is 2.43. The molecule has 2 aromatic rings. The fraction of sp³-hybridized carbons (Fsp3) is 0.267. The van der Waals surface area contributed by atoms with Crippen molar-refractivity contribution in [3.05, 3.63) is 47.6 Å². The maximum atomic E-state index is 13.5. The molecule has 1 fully saturated rings. The van der Waals surface area contributed by atoms with Gasteiger partial charge in [-0.3, -0.25) is 0 Å². The van der Waals surface area contributed by atoms with Gasteiger partial charge in [-0.05, 0) is 25.8 Å². The van der Waals surface area contributed by atoms with E-state index in [1.54, 1.807) is 13.0 Å². The monoisotopic (exact) mass is 290 g/mol.